The molecule has 0 aliphatic carbocycles. The minimum Gasteiger partial charge on any atom is -0.471 e. The molecule has 0 aliphatic heterocycles. The van der Waals surface area contributed by atoms with Gasteiger partial charge in [0.15, 0.2) is 5.84 Å². The molecule has 0 amide bonds. The van der Waals surface area contributed by atoms with Crippen LogP contribution in [0.3, 0.4) is 0 Å². The van der Waals surface area contributed by atoms with Gasteiger partial charge in [0, 0.05) is 4.88 Å². The van der Waals surface area contributed by atoms with Gasteiger partial charge in [0.05, 0.1) is 12.4 Å². The number of rotatable bonds is 4. The van der Waals surface area contributed by atoms with Gasteiger partial charge < -0.3 is 15.7 Å². The molecular formula is C10H10N4O2S. The molecule has 0 aromatic carbocycles. The van der Waals surface area contributed by atoms with Crippen LogP contribution < -0.4 is 10.5 Å². The summed E-state index contributed by atoms with van der Waals surface area (Å²) in [6.45, 7) is 0.454. The molecule has 2 heterocycles. The highest BCUT2D eigenvalue weighted by molar-refractivity contribution is 7.09. The van der Waals surface area contributed by atoms with Crippen LogP contribution in [-0.4, -0.2) is 21.0 Å². The van der Waals surface area contributed by atoms with Gasteiger partial charge in [-0.25, -0.2) is 9.97 Å². The highest BCUT2D eigenvalue weighted by Crippen LogP contribution is 2.12. The van der Waals surface area contributed by atoms with Crippen molar-refractivity contribution < 1.29 is 9.94 Å². The van der Waals surface area contributed by atoms with E-state index in [0.717, 1.165) is 4.88 Å². The van der Waals surface area contributed by atoms with Crippen LogP contribution in [0.5, 0.6) is 5.88 Å². The first-order valence-electron chi connectivity index (χ1n) is 4.74. The summed E-state index contributed by atoms with van der Waals surface area (Å²) in [5, 5.41) is 13.3. The third-order valence-electron chi connectivity index (χ3n) is 1.94. The van der Waals surface area contributed by atoms with Crippen molar-refractivity contribution >= 4 is 17.2 Å². The lowest BCUT2D eigenvalue weighted by Crippen LogP contribution is -2.15. The van der Waals surface area contributed by atoms with E-state index >= 15 is 0 Å². The largest absolute Gasteiger partial charge is 0.471 e. The smallest absolute Gasteiger partial charge is 0.232 e. The van der Waals surface area contributed by atoms with E-state index in [9.17, 15) is 0 Å². The number of nitrogens with two attached hydrogens (primary N) is 1. The summed E-state index contributed by atoms with van der Waals surface area (Å²) >= 11 is 1.61. The SMILES string of the molecule is NC(=NO)c1cnc(OCc2cccs2)cn1. The standard InChI is InChI=1S/C10H10N4O2S/c11-10(14-15)8-4-13-9(5-12-8)16-6-7-2-1-3-17-7/h1-5,15H,6H2,(H2,11,14). The van der Waals surface area contributed by atoms with Gasteiger partial charge >= 0.3 is 0 Å². The van der Waals surface area contributed by atoms with Crippen molar-refractivity contribution in [1.82, 2.24) is 9.97 Å². The average Bonchev–Trinajstić information content (AvgIpc) is 2.89. The van der Waals surface area contributed by atoms with Gasteiger partial charge in [-0.15, -0.1) is 11.3 Å². The third kappa shape index (κ3) is 2.91. The maximum atomic E-state index is 8.45. The Hall–Kier alpha value is -2.15. The molecule has 0 saturated heterocycles. The van der Waals surface area contributed by atoms with Crippen LogP contribution in [-0.2, 0) is 6.61 Å². The summed E-state index contributed by atoms with van der Waals surface area (Å²) in [6.07, 6.45) is 2.82. The van der Waals surface area contributed by atoms with E-state index < -0.39 is 0 Å². The molecule has 0 saturated carbocycles. The minimum absolute atomic E-state index is 0.0812. The van der Waals surface area contributed by atoms with E-state index in [1.807, 2.05) is 17.5 Å². The van der Waals surface area contributed by atoms with E-state index in [4.69, 9.17) is 15.7 Å². The van der Waals surface area contributed by atoms with Crippen molar-refractivity contribution in [3.05, 3.63) is 40.5 Å². The Morgan fingerprint density at radius 3 is 2.94 bits per heavy atom. The lowest BCUT2D eigenvalue weighted by atomic mass is 10.4. The molecule has 0 aliphatic rings. The molecule has 7 heteroatoms. The zero-order valence-corrected chi connectivity index (χ0v) is 9.59. The van der Waals surface area contributed by atoms with Gasteiger partial charge in [0.25, 0.3) is 0 Å². The summed E-state index contributed by atoms with van der Waals surface area (Å²) in [5.74, 6) is 0.315. The van der Waals surface area contributed by atoms with E-state index in [0.29, 0.717) is 18.2 Å². The lowest BCUT2D eigenvalue weighted by Gasteiger charge is -2.03. The van der Waals surface area contributed by atoms with Gasteiger partial charge in [0.1, 0.15) is 12.3 Å². The van der Waals surface area contributed by atoms with Crippen LogP contribution in [0.25, 0.3) is 0 Å². The second-order valence-corrected chi connectivity index (χ2v) is 4.13. The van der Waals surface area contributed by atoms with Crippen LogP contribution in [0.15, 0.2) is 35.1 Å². The first kappa shape index (κ1) is 11.3. The maximum absolute atomic E-state index is 8.45. The summed E-state index contributed by atoms with van der Waals surface area (Å²) < 4.78 is 5.41. The molecular weight excluding hydrogens is 240 g/mol. The predicted octanol–water partition coefficient (Wildman–Crippen LogP) is 1.21. The Kier molecular flexibility index (Phi) is 3.51. The fraction of sp³-hybridized carbons (Fsp3) is 0.100. The monoisotopic (exact) mass is 250 g/mol. The van der Waals surface area contributed by atoms with E-state index in [1.54, 1.807) is 11.3 Å². The Bertz CT molecular complexity index is 496. The molecule has 17 heavy (non-hydrogen) atoms. The summed E-state index contributed by atoms with van der Waals surface area (Å²) in [7, 11) is 0. The molecule has 0 bridgehead atoms. The van der Waals surface area contributed by atoms with Crippen molar-refractivity contribution in [3.63, 3.8) is 0 Å². The Morgan fingerprint density at radius 2 is 2.35 bits per heavy atom. The van der Waals surface area contributed by atoms with E-state index in [-0.39, 0.29) is 5.84 Å². The molecule has 0 spiro atoms. The molecule has 3 N–H and O–H groups in total. The second-order valence-electron chi connectivity index (χ2n) is 3.09. The number of hydrogen-bond donors (Lipinski definition) is 2. The summed E-state index contributed by atoms with van der Waals surface area (Å²) in [4.78, 5) is 9.05. The van der Waals surface area contributed by atoms with Gasteiger partial charge in [-0.1, -0.05) is 11.2 Å². The van der Waals surface area contributed by atoms with E-state index in [2.05, 4.69) is 15.1 Å². The highest BCUT2D eigenvalue weighted by atomic mass is 32.1. The van der Waals surface area contributed by atoms with Crippen LogP contribution in [0.4, 0.5) is 0 Å². The van der Waals surface area contributed by atoms with Crippen LogP contribution in [0.2, 0.25) is 0 Å². The molecule has 0 fully saturated rings. The van der Waals surface area contributed by atoms with Crippen LogP contribution >= 0.6 is 11.3 Å². The number of nitrogens with zero attached hydrogens (tertiary/aromatic N) is 3. The van der Waals surface area contributed by atoms with Gasteiger partial charge in [-0.3, -0.25) is 0 Å². The molecule has 0 atom stereocenters. The number of hydrogen-bond acceptors (Lipinski definition) is 6. The lowest BCUT2D eigenvalue weighted by molar-refractivity contribution is 0.295. The first-order valence-corrected chi connectivity index (χ1v) is 5.62. The van der Waals surface area contributed by atoms with Crippen molar-refractivity contribution in [3.8, 4) is 5.88 Å². The fourth-order valence-electron chi connectivity index (χ4n) is 1.11. The van der Waals surface area contributed by atoms with Gasteiger partial charge in [-0.2, -0.15) is 0 Å². The van der Waals surface area contributed by atoms with Crippen molar-refractivity contribution in [2.24, 2.45) is 10.9 Å². The average molecular weight is 250 g/mol. The Labute approximate surface area is 101 Å². The number of ether oxygens (including phenoxy) is 1. The van der Waals surface area contributed by atoms with Crippen LogP contribution in [0, 0.1) is 0 Å². The van der Waals surface area contributed by atoms with Gasteiger partial charge in [-0.05, 0) is 11.4 Å². The Morgan fingerprint density at radius 1 is 1.47 bits per heavy atom. The molecule has 2 aromatic rings. The third-order valence-corrected chi connectivity index (χ3v) is 2.79. The first-order chi connectivity index (χ1) is 8.29. The summed E-state index contributed by atoms with van der Waals surface area (Å²) in [5.41, 5.74) is 5.66. The molecule has 2 aromatic heterocycles. The molecule has 2 rings (SSSR count). The van der Waals surface area contributed by atoms with Crippen LogP contribution in [0.1, 0.15) is 10.6 Å². The quantitative estimate of drug-likeness (QED) is 0.368. The number of aromatic nitrogens is 2. The summed E-state index contributed by atoms with van der Waals surface area (Å²) in [6, 6.07) is 3.93. The molecule has 88 valence electrons. The van der Waals surface area contributed by atoms with Crippen molar-refractivity contribution in [2.75, 3.05) is 0 Å². The number of oxime groups is 1. The zero-order valence-electron chi connectivity index (χ0n) is 8.78. The topological polar surface area (TPSA) is 93.6 Å². The fourth-order valence-corrected chi connectivity index (χ4v) is 1.73. The van der Waals surface area contributed by atoms with Crippen molar-refractivity contribution in [2.45, 2.75) is 6.61 Å². The van der Waals surface area contributed by atoms with Gasteiger partial charge in [0.2, 0.25) is 5.88 Å². The van der Waals surface area contributed by atoms with Crippen molar-refractivity contribution in [1.29, 1.82) is 0 Å². The molecule has 0 unspecified atom stereocenters. The number of amidine groups is 1. The maximum Gasteiger partial charge on any atom is 0.232 e. The normalized spacial score (nSPS) is 11.4. The van der Waals surface area contributed by atoms with E-state index in [1.165, 1.54) is 12.4 Å². The second kappa shape index (κ2) is 5.26. The number of thiophene rings is 1. The zero-order chi connectivity index (χ0) is 12.1. The predicted molar refractivity (Wildman–Crippen MR) is 63.2 cm³/mol. The Balaban J connectivity index is 1.99. The minimum atomic E-state index is -0.0812. The molecule has 6 nitrogen and oxygen atoms in total. The molecule has 0 radical (unpaired) electrons. The highest BCUT2D eigenvalue weighted by Gasteiger charge is 2.03.